The number of aryl methyl sites for hydroxylation is 3. The molecule has 3 aromatic rings. The molecule has 0 unspecified atom stereocenters. The number of aromatic nitrogens is 3. The second-order valence-electron chi connectivity index (χ2n) is 6.76. The van der Waals surface area contributed by atoms with Gasteiger partial charge in [0.25, 0.3) is 5.56 Å². The molecule has 0 bridgehead atoms. The molecule has 1 N–H and O–H groups in total. The average molecular weight is 350 g/mol. The second-order valence-corrected chi connectivity index (χ2v) is 6.76. The summed E-state index contributed by atoms with van der Waals surface area (Å²) in [5, 5.41) is 7.37. The highest BCUT2D eigenvalue weighted by Crippen LogP contribution is 2.22. The fourth-order valence-corrected chi connectivity index (χ4v) is 3.56. The summed E-state index contributed by atoms with van der Waals surface area (Å²) in [7, 11) is 0. The van der Waals surface area contributed by atoms with Crippen LogP contribution in [0.2, 0.25) is 0 Å². The first-order valence-electron chi connectivity index (χ1n) is 9.14. The summed E-state index contributed by atoms with van der Waals surface area (Å²) >= 11 is 0. The predicted octanol–water partition coefficient (Wildman–Crippen LogP) is 2.58. The van der Waals surface area contributed by atoms with Gasteiger partial charge in [0.05, 0.1) is 5.69 Å². The van der Waals surface area contributed by atoms with Crippen molar-refractivity contribution < 1.29 is 4.79 Å². The molecule has 1 aliphatic rings. The van der Waals surface area contributed by atoms with Crippen LogP contribution >= 0.6 is 0 Å². The minimum atomic E-state index is -0.214. The molecule has 6 nitrogen and oxygen atoms in total. The van der Waals surface area contributed by atoms with Crippen LogP contribution in [0.25, 0.3) is 5.52 Å². The molecule has 1 aliphatic carbocycles. The zero-order chi connectivity index (χ0) is 18.1. The Hall–Kier alpha value is -2.89. The van der Waals surface area contributed by atoms with Gasteiger partial charge in [-0.25, -0.2) is 4.52 Å². The number of carbonyl (C=O) groups is 1. The van der Waals surface area contributed by atoms with Crippen LogP contribution in [0.3, 0.4) is 0 Å². The molecule has 4 rings (SSSR count). The first kappa shape index (κ1) is 16.6. The highest BCUT2D eigenvalue weighted by Gasteiger charge is 2.20. The van der Waals surface area contributed by atoms with Crippen LogP contribution in [0.15, 0.2) is 41.5 Å². The van der Waals surface area contributed by atoms with Gasteiger partial charge < -0.3 is 9.88 Å². The number of nitrogens with zero attached hydrogens (tertiary/aromatic N) is 3. The third kappa shape index (κ3) is 3.03. The lowest BCUT2D eigenvalue weighted by atomic mass is 9.97. The van der Waals surface area contributed by atoms with E-state index < -0.39 is 0 Å². The van der Waals surface area contributed by atoms with Gasteiger partial charge >= 0.3 is 0 Å². The number of fused-ring (bicyclic) bond motifs is 3. The van der Waals surface area contributed by atoms with Crippen molar-refractivity contribution in [3.63, 3.8) is 0 Å². The summed E-state index contributed by atoms with van der Waals surface area (Å²) in [5.41, 5.74) is 4.48. The molecule has 0 radical (unpaired) electrons. The number of benzene rings is 1. The van der Waals surface area contributed by atoms with Crippen molar-refractivity contribution >= 4 is 17.1 Å². The van der Waals surface area contributed by atoms with E-state index in [0.717, 1.165) is 49.0 Å². The van der Waals surface area contributed by atoms with Crippen LogP contribution in [-0.2, 0) is 30.6 Å². The first-order chi connectivity index (χ1) is 12.7. The van der Waals surface area contributed by atoms with Crippen molar-refractivity contribution in [2.45, 2.75) is 45.6 Å². The van der Waals surface area contributed by atoms with Gasteiger partial charge in [-0.2, -0.15) is 5.10 Å². The van der Waals surface area contributed by atoms with Gasteiger partial charge in [-0.05, 0) is 49.8 Å². The van der Waals surface area contributed by atoms with Crippen molar-refractivity contribution in [3.05, 3.63) is 63.8 Å². The first-order valence-corrected chi connectivity index (χ1v) is 9.14. The quantitative estimate of drug-likeness (QED) is 0.786. The fraction of sp³-hybridized carbons (Fsp3) is 0.350. The summed E-state index contributed by atoms with van der Waals surface area (Å²) in [6.07, 6.45) is 8.35. The third-order valence-corrected chi connectivity index (χ3v) is 4.99. The van der Waals surface area contributed by atoms with Crippen LogP contribution in [0.5, 0.6) is 0 Å². The molecule has 0 atom stereocenters. The van der Waals surface area contributed by atoms with Gasteiger partial charge in [0, 0.05) is 23.6 Å². The Bertz CT molecular complexity index is 1010. The van der Waals surface area contributed by atoms with E-state index in [0.29, 0.717) is 5.52 Å². The van der Waals surface area contributed by atoms with Crippen LogP contribution in [-0.4, -0.2) is 20.1 Å². The Labute approximate surface area is 151 Å². The maximum atomic E-state index is 12.9. The third-order valence-electron chi connectivity index (χ3n) is 4.99. The maximum absolute atomic E-state index is 12.9. The fourth-order valence-electron chi connectivity index (χ4n) is 3.56. The predicted molar refractivity (Wildman–Crippen MR) is 101 cm³/mol. The molecule has 1 aromatic carbocycles. The molecule has 0 saturated heterocycles. The van der Waals surface area contributed by atoms with Gasteiger partial charge in [-0.1, -0.05) is 19.1 Å². The standard InChI is InChI=1S/C20H22N4O2/c1-2-14-7-9-15(10-8-14)21-18(25)13-23-11-12-24-19(20(23)26)16-5-3-4-6-17(16)22-24/h7-12H,2-6,13H2,1H3,(H,21,25). The van der Waals surface area contributed by atoms with E-state index in [2.05, 4.69) is 17.3 Å². The molecular formula is C20H22N4O2. The minimum Gasteiger partial charge on any atom is -0.325 e. The average Bonchev–Trinajstić information content (AvgIpc) is 3.04. The number of rotatable bonds is 4. The zero-order valence-corrected chi connectivity index (χ0v) is 14.9. The summed E-state index contributed by atoms with van der Waals surface area (Å²) < 4.78 is 3.12. The molecule has 26 heavy (non-hydrogen) atoms. The van der Waals surface area contributed by atoms with Crippen molar-refractivity contribution in [3.8, 4) is 0 Å². The molecular weight excluding hydrogens is 328 g/mol. The summed E-state index contributed by atoms with van der Waals surface area (Å²) in [5.74, 6) is -0.214. The van der Waals surface area contributed by atoms with Gasteiger partial charge in [0.1, 0.15) is 12.1 Å². The zero-order valence-electron chi connectivity index (χ0n) is 14.9. The Morgan fingerprint density at radius 3 is 2.69 bits per heavy atom. The van der Waals surface area contributed by atoms with Gasteiger partial charge in [0.15, 0.2) is 0 Å². The van der Waals surface area contributed by atoms with E-state index in [1.165, 1.54) is 10.1 Å². The van der Waals surface area contributed by atoms with E-state index in [1.807, 2.05) is 24.3 Å². The van der Waals surface area contributed by atoms with E-state index in [-0.39, 0.29) is 18.0 Å². The highest BCUT2D eigenvalue weighted by atomic mass is 16.2. The molecule has 0 saturated carbocycles. The lowest BCUT2D eigenvalue weighted by Gasteiger charge is -2.10. The highest BCUT2D eigenvalue weighted by molar-refractivity contribution is 5.90. The van der Waals surface area contributed by atoms with Crippen molar-refractivity contribution in [2.75, 3.05) is 5.32 Å². The number of nitrogens with one attached hydrogen (secondary N) is 1. The SMILES string of the molecule is CCc1ccc(NC(=O)Cn2ccn3nc4c(c3c2=O)CCCC4)cc1. The summed E-state index contributed by atoms with van der Waals surface area (Å²) in [6, 6.07) is 7.75. The van der Waals surface area contributed by atoms with Crippen LogP contribution < -0.4 is 10.9 Å². The Morgan fingerprint density at radius 1 is 1.15 bits per heavy atom. The van der Waals surface area contributed by atoms with Crippen LogP contribution in [0.1, 0.15) is 36.6 Å². The van der Waals surface area contributed by atoms with Gasteiger partial charge in [-0.15, -0.1) is 0 Å². The van der Waals surface area contributed by atoms with Crippen molar-refractivity contribution in [2.24, 2.45) is 0 Å². The lowest BCUT2D eigenvalue weighted by Crippen LogP contribution is -2.28. The van der Waals surface area contributed by atoms with E-state index in [9.17, 15) is 9.59 Å². The minimum absolute atomic E-state index is 0.00911. The van der Waals surface area contributed by atoms with E-state index in [1.54, 1.807) is 16.9 Å². The molecule has 1 amide bonds. The van der Waals surface area contributed by atoms with Gasteiger partial charge in [0.2, 0.25) is 5.91 Å². The van der Waals surface area contributed by atoms with E-state index in [4.69, 9.17) is 0 Å². The largest absolute Gasteiger partial charge is 0.325 e. The second kappa shape index (κ2) is 6.78. The van der Waals surface area contributed by atoms with Gasteiger partial charge in [-0.3, -0.25) is 9.59 Å². The maximum Gasteiger partial charge on any atom is 0.277 e. The normalized spacial score (nSPS) is 13.6. The molecule has 2 heterocycles. The smallest absolute Gasteiger partial charge is 0.277 e. The molecule has 6 heteroatoms. The number of carbonyl (C=O) groups excluding carboxylic acids is 1. The molecule has 2 aromatic heterocycles. The van der Waals surface area contributed by atoms with E-state index >= 15 is 0 Å². The molecule has 0 fully saturated rings. The number of anilines is 1. The Morgan fingerprint density at radius 2 is 1.92 bits per heavy atom. The van der Waals surface area contributed by atoms with Crippen molar-refractivity contribution in [1.29, 1.82) is 0 Å². The number of amides is 1. The Balaban J connectivity index is 1.57. The molecule has 134 valence electrons. The Kier molecular flexibility index (Phi) is 4.32. The number of hydrogen-bond acceptors (Lipinski definition) is 3. The summed E-state index contributed by atoms with van der Waals surface area (Å²) in [6.45, 7) is 2.08. The van der Waals surface area contributed by atoms with Crippen molar-refractivity contribution in [1.82, 2.24) is 14.2 Å². The lowest BCUT2D eigenvalue weighted by molar-refractivity contribution is -0.116. The molecule has 0 spiro atoms. The summed E-state index contributed by atoms with van der Waals surface area (Å²) in [4.78, 5) is 25.2. The van der Waals surface area contributed by atoms with Crippen LogP contribution in [0.4, 0.5) is 5.69 Å². The number of hydrogen-bond donors (Lipinski definition) is 1. The van der Waals surface area contributed by atoms with Crippen LogP contribution in [0, 0.1) is 0 Å². The molecule has 0 aliphatic heterocycles. The monoisotopic (exact) mass is 350 g/mol. The topological polar surface area (TPSA) is 68.4 Å².